The second-order valence-electron chi connectivity index (χ2n) is 3.47. The maximum Gasteiger partial charge on any atom is 0.323 e. The number of non-ortho nitro benzene ring substituents is 1. The average molecular weight is 303 g/mol. The molecule has 1 aromatic carbocycles. The van der Waals surface area contributed by atoms with Crippen molar-refractivity contribution in [2.24, 2.45) is 0 Å². The van der Waals surface area contributed by atoms with Crippen LogP contribution in [0.15, 0.2) is 12.1 Å². The molecule has 0 aromatic heterocycles. The quantitative estimate of drug-likeness (QED) is 0.513. The summed E-state index contributed by atoms with van der Waals surface area (Å²) < 4.78 is 0. The number of carbonyl (C=O) groups is 1. The third kappa shape index (κ3) is 3.74. The molecule has 0 fully saturated rings. The van der Waals surface area contributed by atoms with Gasteiger partial charge in [-0.2, -0.15) is 0 Å². The number of rotatable bonds is 5. The van der Waals surface area contributed by atoms with Crippen LogP contribution in [0.25, 0.3) is 0 Å². The molecule has 1 rings (SSSR count). The van der Waals surface area contributed by atoms with Gasteiger partial charge in [-0.05, 0) is 0 Å². The standard InChI is InChI=1S/C11H8Cl2N2O4/c1-2-3-14(6-10(16)17)11-8(12)4-7(15(18)19)5-9(11)13/h1,4-5H,3,6H2,(H,16,17). The minimum absolute atomic E-state index is 0.0318. The second kappa shape index (κ2) is 6.27. The summed E-state index contributed by atoms with van der Waals surface area (Å²) in [4.78, 5) is 22.0. The van der Waals surface area contributed by atoms with Crippen molar-refractivity contribution in [3.8, 4) is 12.3 Å². The zero-order chi connectivity index (χ0) is 14.6. The lowest BCUT2D eigenvalue weighted by Gasteiger charge is -2.22. The molecule has 0 bridgehead atoms. The molecule has 19 heavy (non-hydrogen) atoms. The molecule has 0 radical (unpaired) electrons. The number of carboxylic acid groups (broad SMARTS) is 1. The van der Waals surface area contributed by atoms with Crippen molar-refractivity contribution < 1.29 is 14.8 Å². The first-order valence-corrected chi connectivity index (χ1v) is 5.66. The molecule has 0 heterocycles. The summed E-state index contributed by atoms with van der Waals surface area (Å²) in [6.45, 7) is -0.453. The van der Waals surface area contributed by atoms with E-state index in [2.05, 4.69) is 5.92 Å². The van der Waals surface area contributed by atoms with E-state index in [-0.39, 0.29) is 28.0 Å². The summed E-state index contributed by atoms with van der Waals surface area (Å²) in [5, 5.41) is 19.4. The van der Waals surface area contributed by atoms with Gasteiger partial charge >= 0.3 is 5.97 Å². The average Bonchev–Trinajstić information content (AvgIpc) is 2.27. The molecule has 1 aromatic rings. The van der Waals surface area contributed by atoms with E-state index >= 15 is 0 Å². The van der Waals surface area contributed by atoms with Gasteiger partial charge in [0.1, 0.15) is 6.54 Å². The third-order valence-electron chi connectivity index (χ3n) is 2.14. The van der Waals surface area contributed by atoms with Gasteiger partial charge in [-0.1, -0.05) is 29.1 Å². The molecule has 100 valence electrons. The summed E-state index contributed by atoms with van der Waals surface area (Å²) >= 11 is 11.8. The van der Waals surface area contributed by atoms with Gasteiger partial charge in [-0.25, -0.2) is 0 Å². The lowest BCUT2D eigenvalue weighted by Crippen LogP contribution is -2.30. The van der Waals surface area contributed by atoms with Crippen molar-refractivity contribution in [3.63, 3.8) is 0 Å². The highest BCUT2D eigenvalue weighted by Crippen LogP contribution is 2.37. The van der Waals surface area contributed by atoms with Crippen molar-refractivity contribution >= 4 is 40.5 Å². The molecule has 0 aliphatic heterocycles. The fourth-order valence-electron chi connectivity index (χ4n) is 1.45. The smallest absolute Gasteiger partial charge is 0.323 e. The van der Waals surface area contributed by atoms with E-state index in [9.17, 15) is 14.9 Å². The summed E-state index contributed by atoms with van der Waals surface area (Å²) in [6, 6.07) is 2.18. The van der Waals surface area contributed by atoms with Crippen LogP contribution in [-0.2, 0) is 4.79 Å². The number of terminal acetylenes is 1. The number of hydrogen-bond acceptors (Lipinski definition) is 4. The second-order valence-corrected chi connectivity index (χ2v) is 4.28. The highest BCUT2D eigenvalue weighted by molar-refractivity contribution is 6.39. The zero-order valence-corrected chi connectivity index (χ0v) is 11.0. The van der Waals surface area contributed by atoms with Crippen LogP contribution in [0.2, 0.25) is 10.0 Å². The monoisotopic (exact) mass is 302 g/mol. The molecule has 6 nitrogen and oxygen atoms in total. The first kappa shape index (κ1) is 15.1. The molecule has 0 amide bonds. The molecular weight excluding hydrogens is 295 g/mol. The van der Waals surface area contributed by atoms with E-state index in [1.54, 1.807) is 0 Å². The highest BCUT2D eigenvalue weighted by Gasteiger charge is 2.20. The summed E-state index contributed by atoms with van der Waals surface area (Å²) in [5.41, 5.74) is -0.121. The Bertz CT molecular complexity index is 545. The SMILES string of the molecule is C#CCN(CC(=O)O)c1c(Cl)cc([N+](=O)[O-])cc1Cl. The van der Waals surface area contributed by atoms with Gasteiger partial charge in [0.2, 0.25) is 0 Å². The number of aliphatic carboxylic acids is 1. The summed E-state index contributed by atoms with van der Waals surface area (Å²) in [6.07, 6.45) is 5.14. The van der Waals surface area contributed by atoms with Gasteiger partial charge in [0.15, 0.2) is 0 Å². The van der Waals surface area contributed by atoms with Crippen LogP contribution in [0.5, 0.6) is 0 Å². The summed E-state index contributed by atoms with van der Waals surface area (Å²) in [7, 11) is 0. The molecular formula is C11H8Cl2N2O4. The fraction of sp³-hybridized carbons (Fsp3) is 0.182. The third-order valence-corrected chi connectivity index (χ3v) is 2.71. The van der Waals surface area contributed by atoms with E-state index in [1.807, 2.05) is 0 Å². The van der Waals surface area contributed by atoms with E-state index in [0.29, 0.717) is 0 Å². The predicted molar refractivity (Wildman–Crippen MR) is 71.8 cm³/mol. The molecule has 0 saturated carbocycles. The van der Waals surface area contributed by atoms with E-state index in [4.69, 9.17) is 34.7 Å². The van der Waals surface area contributed by atoms with Crippen LogP contribution in [0.3, 0.4) is 0 Å². The molecule has 0 saturated heterocycles. The normalized spacial score (nSPS) is 9.74. The number of hydrogen-bond donors (Lipinski definition) is 1. The Hall–Kier alpha value is -1.97. The minimum atomic E-state index is -1.12. The van der Waals surface area contributed by atoms with Crippen molar-refractivity contribution in [3.05, 3.63) is 32.3 Å². The topological polar surface area (TPSA) is 83.7 Å². The Labute approximate surface area is 118 Å². The van der Waals surface area contributed by atoms with Gasteiger partial charge < -0.3 is 10.0 Å². The number of anilines is 1. The lowest BCUT2D eigenvalue weighted by atomic mass is 10.2. The van der Waals surface area contributed by atoms with Gasteiger partial charge in [0.05, 0.1) is 27.2 Å². The van der Waals surface area contributed by atoms with E-state index in [0.717, 1.165) is 12.1 Å². The molecule has 0 spiro atoms. The van der Waals surface area contributed by atoms with Crippen LogP contribution in [0, 0.1) is 22.5 Å². The Kier molecular flexibility index (Phi) is 4.98. The van der Waals surface area contributed by atoms with Crippen LogP contribution in [-0.4, -0.2) is 29.1 Å². The number of nitro groups is 1. The Morgan fingerprint density at radius 1 is 1.47 bits per heavy atom. The predicted octanol–water partition coefficient (Wildman–Crippen LogP) is 2.43. The van der Waals surface area contributed by atoms with Crippen LogP contribution in [0.4, 0.5) is 11.4 Å². The van der Waals surface area contributed by atoms with Gasteiger partial charge in [0.25, 0.3) is 5.69 Å². The largest absolute Gasteiger partial charge is 0.480 e. The lowest BCUT2D eigenvalue weighted by molar-refractivity contribution is -0.384. The molecule has 1 N–H and O–H groups in total. The number of nitrogens with zero attached hydrogens (tertiary/aromatic N) is 2. The highest BCUT2D eigenvalue weighted by atomic mass is 35.5. The Morgan fingerprint density at radius 2 is 2.00 bits per heavy atom. The first-order chi connectivity index (χ1) is 8.86. The van der Waals surface area contributed by atoms with Crippen LogP contribution < -0.4 is 4.90 Å². The number of carboxylic acids is 1. The zero-order valence-electron chi connectivity index (χ0n) is 9.47. The fourth-order valence-corrected chi connectivity index (χ4v) is 2.16. The maximum absolute atomic E-state index is 10.8. The van der Waals surface area contributed by atoms with Gasteiger partial charge in [-0.15, -0.1) is 6.42 Å². The summed E-state index contributed by atoms with van der Waals surface area (Å²) in [5.74, 6) is 1.15. The Morgan fingerprint density at radius 3 is 2.37 bits per heavy atom. The number of nitro benzene ring substituents is 1. The molecule has 0 atom stereocenters. The van der Waals surface area contributed by atoms with E-state index in [1.165, 1.54) is 4.90 Å². The number of halogens is 2. The molecule has 0 unspecified atom stereocenters. The van der Waals surface area contributed by atoms with Gasteiger partial charge in [-0.3, -0.25) is 14.9 Å². The van der Waals surface area contributed by atoms with Crippen molar-refractivity contribution in [1.82, 2.24) is 0 Å². The maximum atomic E-state index is 10.8. The van der Waals surface area contributed by atoms with Crippen LogP contribution in [0.1, 0.15) is 0 Å². The van der Waals surface area contributed by atoms with Gasteiger partial charge in [0, 0.05) is 12.1 Å². The minimum Gasteiger partial charge on any atom is -0.480 e. The Balaban J connectivity index is 3.27. The van der Waals surface area contributed by atoms with Crippen molar-refractivity contribution in [1.29, 1.82) is 0 Å². The molecule has 0 aliphatic rings. The van der Waals surface area contributed by atoms with Crippen LogP contribution >= 0.6 is 23.2 Å². The van der Waals surface area contributed by atoms with Crippen molar-refractivity contribution in [2.75, 3.05) is 18.0 Å². The molecule has 8 heteroatoms. The first-order valence-electron chi connectivity index (χ1n) is 4.90. The number of benzene rings is 1. The molecule has 0 aliphatic carbocycles. The van der Waals surface area contributed by atoms with Crippen molar-refractivity contribution in [2.45, 2.75) is 0 Å². The van der Waals surface area contributed by atoms with E-state index < -0.39 is 17.4 Å².